The molecule has 0 radical (unpaired) electrons. The van der Waals surface area contributed by atoms with Crippen LogP contribution in [0.1, 0.15) is 41.8 Å². The smallest absolute Gasteiger partial charge is 0.295 e. The highest BCUT2D eigenvalue weighted by molar-refractivity contribution is 6.02. The second-order valence-corrected chi connectivity index (χ2v) is 4.95. The number of hydrogen-bond donors (Lipinski definition) is 3. The molecule has 0 spiro atoms. The first-order chi connectivity index (χ1) is 9.97. The number of rotatable bonds is 5. The van der Waals surface area contributed by atoms with Crippen molar-refractivity contribution in [2.24, 2.45) is 5.73 Å². The Labute approximate surface area is 122 Å². The van der Waals surface area contributed by atoms with Gasteiger partial charge >= 0.3 is 0 Å². The first-order valence-corrected chi connectivity index (χ1v) is 6.57. The van der Waals surface area contributed by atoms with Gasteiger partial charge in [-0.2, -0.15) is 0 Å². The summed E-state index contributed by atoms with van der Waals surface area (Å²) in [6, 6.07) is 6.97. The van der Waals surface area contributed by atoms with E-state index < -0.39 is 11.8 Å². The minimum absolute atomic E-state index is 0.0572. The fraction of sp³-hybridized carbons (Fsp3) is 0.286. The van der Waals surface area contributed by atoms with E-state index >= 15 is 0 Å². The molecule has 0 bridgehead atoms. The lowest BCUT2D eigenvalue weighted by Crippen LogP contribution is -2.18. The molecule has 21 heavy (non-hydrogen) atoms. The molecule has 0 atom stereocenters. The lowest BCUT2D eigenvalue weighted by atomic mass is 10.1. The van der Waals surface area contributed by atoms with E-state index in [-0.39, 0.29) is 18.2 Å². The van der Waals surface area contributed by atoms with Gasteiger partial charge in [0.1, 0.15) is 5.82 Å². The maximum atomic E-state index is 12.1. The van der Waals surface area contributed by atoms with Crippen LogP contribution in [0.4, 0.5) is 5.69 Å². The van der Waals surface area contributed by atoms with E-state index in [0.717, 1.165) is 0 Å². The van der Waals surface area contributed by atoms with Crippen molar-refractivity contribution >= 4 is 17.5 Å². The van der Waals surface area contributed by atoms with E-state index in [2.05, 4.69) is 20.5 Å². The van der Waals surface area contributed by atoms with Crippen LogP contribution in [0.25, 0.3) is 0 Å². The van der Waals surface area contributed by atoms with Gasteiger partial charge < -0.3 is 11.1 Å². The standard InChI is InChI=1S/C14H17N5O2/c1-8(2)12-17-13(19-18-12)14(21)16-10-6-4-3-5-9(10)7-11(15)20/h3-6,8H,7H2,1-2H3,(H2,15,20)(H,16,21)(H,17,18,19). The Morgan fingerprint density at radius 1 is 1.33 bits per heavy atom. The second kappa shape index (κ2) is 6.17. The Morgan fingerprint density at radius 3 is 2.67 bits per heavy atom. The molecule has 7 heteroatoms. The molecule has 0 unspecified atom stereocenters. The Kier molecular flexibility index (Phi) is 4.32. The molecule has 1 heterocycles. The molecule has 4 N–H and O–H groups in total. The molecule has 2 amide bonds. The predicted octanol–water partition coefficient (Wildman–Crippen LogP) is 1.21. The van der Waals surface area contributed by atoms with Gasteiger partial charge in [0.05, 0.1) is 6.42 Å². The first-order valence-electron chi connectivity index (χ1n) is 6.57. The fourth-order valence-corrected chi connectivity index (χ4v) is 1.80. The molecule has 7 nitrogen and oxygen atoms in total. The molecule has 0 fully saturated rings. The van der Waals surface area contributed by atoms with Crippen molar-refractivity contribution in [3.05, 3.63) is 41.5 Å². The molecule has 0 aliphatic heterocycles. The van der Waals surface area contributed by atoms with Gasteiger partial charge in [0, 0.05) is 11.6 Å². The Morgan fingerprint density at radius 2 is 2.05 bits per heavy atom. The van der Waals surface area contributed by atoms with Gasteiger partial charge in [-0.3, -0.25) is 14.7 Å². The molecule has 0 saturated carbocycles. The molecule has 2 aromatic rings. The van der Waals surface area contributed by atoms with Crippen molar-refractivity contribution < 1.29 is 9.59 Å². The number of carbonyl (C=O) groups is 2. The van der Waals surface area contributed by atoms with Crippen LogP contribution in [-0.2, 0) is 11.2 Å². The van der Waals surface area contributed by atoms with E-state index in [1.54, 1.807) is 24.3 Å². The third-order valence-electron chi connectivity index (χ3n) is 2.88. The van der Waals surface area contributed by atoms with Crippen LogP contribution >= 0.6 is 0 Å². The van der Waals surface area contributed by atoms with Crippen LogP contribution in [0.15, 0.2) is 24.3 Å². The predicted molar refractivity (Wildman–Crippen MR) is 77.8 cm³/mol. The highest BCUT2D eigenvalue weighted by Gasteiger charge is 2.15. The van der Waals surface area contributed by atoms with E-state index in [1.807, 2.05) is 13.8 Å². The molecule has 0 saturated heterocycles. The van der Waals surface area contributed by atoms with Crippen molar-refractivity contribution in [2.45, 2.75) is 26.2 Å². The number of carbonyl (C=O) groups excluding carboxylic acids is 2. The zero-order chi connectivity index (χ0) is 15.4. The topological polar surface area (TPSA) is 114 Å². The van der Waals surface area contributed by atoms with Gasteiger partial charge in [0.25, 0.3) is 5.91 Å². The highest BCUT2D eigenvalue weighted by Crippen LogP contribution is 2.16. The molecule has 110 valence electrons. The number of nitrogens with zero attached hydrogens (tertiary/aromatic N) is 2. The highest BCUT2D eigenvalue weighted by atomic mass is 16.2. The summed E-state index contributed by atoms with van der Waals surface area (Å²) in [4.78, 5) is 27.3. The average molecular weight is 287 g/mol. The molecular formula is C14H17N5O2. The van der Waals surface area contributed by atoms with Crippen LogP contribution in [-0.4, -0.2) is 27.0 Å². The molecule has 0 aliphatic carbocycles. The quantitative estimate of drug-likeness (QED) is 0.766. The number of nitrogens with two attached hydrogens (primary N) is 1. The number of H-pyrrole nitrogens is 1. The zero-order valence-electron chi connectivity index (χ0n) is 11.9. The normalized spacial score (nSPS) is 10.6. The minimum Gasteiger partial charge on any atom is -0.369 e. The number of para-hydroxylation sites is 1. The first kappa shape index (κ1) is 14.7. The molecule has 0 aliphatic rings. The van der Waals surface area contributed by atoms with Crippen molar-refractivity contribution in [3.8, 4) is 0 Å². The van der Waals surface area contributed by atoms with E-state index in [4.69, 9.17) is 5.73 Å². The van der Waals surface area contributed by atoms with Crippen LogP contribution in [0.3, 0.4) is 0 Å². The summed E-state index contributed by atoms with van der Waals surface area (Å²) in [6.07, 6.45) is 0.0572. The van der Waals surface area contributed by atoms with Gasteiger partial charge in [0.15, 0.2) is 0 Å². The van der Waals surface area contributed by atoms with Crippen molar-refractivity contribution in [3.63, 3.8) is 0 Å². The number of anilines is 1. The molecule has 1 aromatic carbocycles. The number of aromatic amines is 1. The third kappa shape index (κ3) is 3.65. The Bertz CT molecular complexity index is 663. The van der Waals surface area contributed by atoms with Gasteiger partial charge in [-0.25, -0.2) is 4.98 Å². The summed E-state index contributed by atoms with van der Waals surface area (Å²) in [5.74, 6) is -0.0360. The third-order valence-corrected chi connectivity index (χ3v) is 2.88. The number of primary amides is 1. The summed E-state index contributed by atoms with van der Waals surface area (Å²) < 4.78 is 0. The SMILES string of the molecule is CC(C)c1nc(C(=O)Nc2ccccc2CC(N)=O)n[nH]1. The van der Waals surface area contributed by atoms with E-state index in [9.17, 15) is 9.59 Å². The van der Waals surface area contributed by atoms with Crippen LogP contribution in [0.2, 0.25) is 0 Å². The number of benzene rings is 1. The Balaban J connectivity index is 2.17. The summed E-state index contributed by atoms with van der Waals surface area (Å²) >= 11 is 0. The number of hydrogen-bond acceptors (Lipinski definition) is 4. The maximum absolute atomic E-state index is 12.1. The monoisotopic (exact) mass is 287 g/mol. The van der Waals surface area contributed by atoms with Crippen molar-refractivity contribution in [1.82, 2.24) is 15.2 Å². The minimum atomic E-state index is -0.461. The van der Waals surface area contributed by atoms with E-state index in [0.29, 0.717) is 17.1 Å². The Hall–Kier alpha value is -2.70. The molecule has 2 rings (SSSR count). The lowest BCUT2D eigenvalue weighted by Gasteiger charge is -2.08. The summed E-state index contributed by atoms with van der Waals surface area (Å²) in [6.45, 7) is 3.90. The average Bonchev–Trinajstić information content (AvgIpc) is 2.90. The van der Waals surface area contributed by atoms with Crippen LogP contribution in [0.5, 0.6) is 0 Å². The second-order valence-electron chi connectivity index (χ2n) is 4.95. The number of aromatic nitrogens is 3. The van der Waals surface area contributed by atoms with E-state index in [1.165, 1.54) is 0 Å². The summed E-state index contributed by atoms with van der Waals surface area (Å²) in [5, 5.41) is 9.30. The maximum Gasteiger partial charge on any atom is 0.295 e. The molecular weight excluding hydrogens is 270 g/mol. The fourth-order valence-electron chi connectivity index (χ4n) is 1.80. The van der Waals surface area contributed by atoms with Gasteiger partial charge in [0.2, 0.25) is 11.7 Å². The largest absolute Gasteiger partial charge is 0.369 e. The van der Waals surface area contributed by atoms with Crippen molar-refractivity contribution in [1.29, 1.82) is 0 Å². The number of amides is 2. The molecule has 1 aromatic heterocycles. The van der Waals surface area contributed by atoms with Crippen LogP contribution in [0, 0.1) is 0 Å². The zero-order valence-corrected chi connectivity index (χ0v) is 11.9. The lowest BCUT2D eigenvalue weighted by molar-refractivity contribution is -0.117. The van der Waals surface area contributed by atoms with Gasteiger partial charge in [-0.05, 0) is 11.6 Å². The van der Waals surface area contributed by atoms with Gasteiger partial charge in [-0.15, -0.1) is 5.10 Å². The number of nitrogens with one attached hydrogen (secondary N) is 2. The summed E-state index contributed by atoms with van der Waals surface area (Å²) in [5.41, 5.74) is 6.37. The van der Waals surface area contributed by atoms with Crippen LogP contribution < -0.4 is 11.1 Å². The van der Waals surface area contributed by atoms with Gasteiger partial charge in [-0.1, -0.05) is 32.0 Å². The summed E-state index contributed by atoms with van der Waals surface area (Å²) in [7, 11) is 0. The van der Waals surface area contributed by atoms with Crippen molar-refractivity contribution in [2.75, 3.05) is 5.32 Å².